The van der Waals surface area contributed by atoms with Gasteiger partial charge in [0.25, 0.3) is 0 Å². The average molecular weight is 329 g/mol. The van der Waals surface area contributed by atoms with Gasteiger partial charge in [-0.1, -0.05) is 18.2 Å². The molecule has 0 saturated heterocycles. The molecule has 7 heteroatoms. The van der Waals surface area contributed by atoms with E-state index in [-0.39, 0.29) is 18.7 Å². The number of benzene rings is 2. The minimum atomic E-state index is -4.75. The molecule has 0 amide bonds. The zero-order chi connectivity index (χ0) is 17.0. The highest BCUT2D eigenvalue weighted by molar-refractivity contribution is 5.67. The molecule has 1 unspecified atom stereocenters. The number of anilines is 1. The standard InChI is InChI=1S/C16H15F4NO2/c17-15-6-3-11(7-14(15)16(18,19)20)10-1-4-12(5-2-10)21-8-13(23)9-22/h1-7,13,21-23H,8-9H2. The summed E-state index contributed by atoms with van der Waals surface area (Å²) in [7, 11) is 0. The van der Waals surface area contributed by atoms with Crippen molar-refractivity contribution in [3.05, 3.63) is 53.8 Å². The Morgan fingerprint density at radius 3 is 2.17 bits per heavy atom. The Kier molecular flexibility index (Phi) is 5.23. The maximum atomic E-state index is 13.3. The summed E-state index contributed by atoms with van der Waals surface area (Å²) in [6, 6.07) is 9.26. The van der Waals surface area contributed by atoms with Crippen LogP contribution in [0.5, 0.6) is 0 Å². The fourth-order valence-corrected chi connectivity index (χ4v) is 2.00. The average Bonchev–Trinajstić information content (AvgIpc) is 2.52. The fourth-order valence-electron chi connectivity index (χ4n) is 2.00. The summed E-state index contributed by atoms with van der Waals surface area (Å²) < 4.78 is 51.5. The number of nitrogens with one attached hydrogen (secondary N) is 1. The van der Waals surface area contributed by atoms with E-state index in [1.165, 1.54) is 6.07 Å². The van der Waals surface area contributed by atoms with Crippen LogP contribution in [0.2, 0.25) is 0 Å². The number of halogens is 4. The number of hydrogen-bond acceptors (Lipinski definition) is 3. The van der Waals surface area contributed by atoms with Gasteiger partial charge in [-0.3, -0.25) is 0 Å². The van der Waals surface area contributed by atoms with E-state index in [9.17, 15) is 22.7 Å². The molecule has 0 saturated carbocycles. The molecule has 0 aliphatic carbocycles. The number of alkyl halides is 3. The quantitative estimate of drug-likeness (QED) is 0.738. The SMILES string of the molecule is OCC(O)CNc1ccc(-c2ccc(F)c(C(F)(F)F)c2)cc1. The van der Waals surface area contributed by atoms with Crippen molar-refractivity contribution >= 4 is 5.69 Å². The third-order valence-electron chi connectivity index (χ3n) is 3.24. The van der Waals surface area contributed by atoms with E-state index in [0.29, 0.717) is 11.3 Å². The van der Waals surface area contributed by atoms with Gasteiger partial charge in [0.15, 0.2) is 0 Å². The van der Waals surface area contributed by atoms with E-state index in [0.717, 1.165) is 12.1 Å². The van der Waals surface area contributed by atoms with Crippen LogP contribution in [0.3, 0.4) is 0 Å². The van der Waals surface area contributed by atoms with Crippen molar-refractivity contribution in [1.29, 1.82) is 0 Å². The molecular formula is C16H15F4NO2. The zero-order valence-corrected chi connectivity index (χ0v) is 11.9. The first-order valence-electron chi connectivity index (χ1n) is 6.81. The van der Waals surface area contributed by atoms with Gasteiger partial charge in [-0.2, -0.15) is 13.2 Å². The molecule has 3 N–H and O–H groups in total. The molecule has 0 aliphatic heterocycles. The minimum Gasteiger partial charge on any atom is -0.394 e. The molecule has 0 bridgehead atoms. The van der Waals surface area contributed by atoms with E-state index >= 15 is 0 Å². The third kappa shape index (κ3) is 4.43. The van der Waals surface area contributed by atoms with E-state index < -0.39 is 23.7 Å². The summed E-state index contributed by atoms with van der Waals surface area (Å²) in [4.78, 5) is 0. The Hall–Kier alpha value is -2.12. The Labute approximate surface area is 130 Å². The van der Waals surface area contributed by atoms with Crippen LogP contribution >= 0.6 is 0 Å². The lowest BCUT2D eigenvalue weighted by Crippen LogP contribution is -2.22. The van der Waals surface area contributed by atoms with Crippen molar-refractivity contribution in [2.24, 2.45) is 0 Å². The lowest BCUT2D eigenvalue weighted by Gasteiger charge is -2.12. The smallest absolute Gasteiger partial charge is 0.394 e. The van der Waals surface area contributed by atoms with Crippen molar-refractivity contribution in [3.63, 3.8) is 0 Å². The molecule has 0 radical (unpaired) electrons. The lowest BCUT2D eigenvalue weighted by molar-refractivity contribution is -0.139. The van der Waals surface area contributed by atoms with Crippen LogP contribution in [-0.4, -0.2) is 29.5 Å². The monoisotopic (exact) mass is 329 g/mol. The number of rotatable bonds is 5. The lowest BCUT2D eigenvalue weighted by atomic mass is 10.0. The molecule has 0 fully saturated rings. The van der Waals surface area contributed by atoms with Crippen LogP contribution in [0.1, 0.15) is 5.56 Å². The van der Waals surface area contributed by atoms with Crippen LogP contribution in [-0.2, 0) is 6.18 Å². The van der Waals surface area contributed by atoms with Gasteiger partial charge in [0.1, 0.15) is 5.82 Å². The summed E-state index contributed by atoms with van der Waals surface area (Å²) in [5.74, 6) is -1.31. The van der Waals surface area contributed by atoms with Gasteiger partial charge in [0.2, 0.25) is 0 Å². The second kappa shape index (κ2) is 6.97. The Bertz CT molecular complexity index is 656. The highest BCUT2D eigenvalue weighted by Crippen LogP contribution is 2.34. The van der Waals surface area contributed by atoms with E-state index in [1.54, 1.807) is 24.3 Å². The van der Waals surface area contributed by atoms with Crippen molar-refractivity contribution in [2.45, 2.75) is 12.3 Å². The predicted molar refractivity (Wildman–Crippen MR) is 78.4 cm³/mol. The zero-order valence-electron chi connectivity index (χ0n) is 11.9. The summed E-state index contributed by atoms with van der Waals surface area (Å²) in [5.41, 5.74) is 0.0899. The topological polar surface area (TPSA) is 52.5 Å². The molecule has 2 aromatic carbocycles. The van der Waals surface area contributed by atoms with Gasteiger partial charge in [0.05, 0.1) is 18.3 Å². The fraction of sp³-hybridized carbons (Fsp3) is 0.250. The van der Waals surface area contributed by atoms with Crippen molar-refractivity contribution in [1.82, 2.24) is 0 Å². The molecule has 0 aliphatic rings. The first-order chi connectivity index (χ1) is 10.8. The highest BCUT2D eigenvalue weighted by atomic mass is 19.4. The number of aliphatic hydroxyl groups is 2. The third-order valence-corrected chi connectivity index (χ3v) is 3.24. The maximum absolute atomic E-state index is 13.3. The van der Waals surface area contributed by atoms with Gasteiger partial charge in [0, 0.05) is 12.2 Å². The van der Waals surface area contributed by atoms with Crippen molar-refractivity contribution < 1.29 is 27.8 Å². The first-order valence-corrected chi connectivity index (χ1v) is 6.81. The van der Waals surface area contributed by atoms with Gasteiger partial charge in [-0.05, 0) is 35.4 Å². The molecule has 23 heavy (non-hydrogen) atoms. The Morgan fingerprint density at radius 2 is 1.61 bits per heavy atom. The van der Waals surface area contributed by atoms with Crippen molar-refractivity contribution in [2.75, 3.05) is 18.5 Å². The summed E-state index contributed by atoms with van der Waals surface area (Å²) in [5, 5.41) is 20.8. The predicted octanol–water partition coefficient (Wildman–Crippen LogP) is 3.28. The Morgan fingerprint density at radius 1 is 1.00 bits per heavy atom. The van der Waals surface area contributed by atoms with Gasteiger partial charge >= 0.3 is 6.18 Å². The maximum Gasteiger partial charge on any atom is 0.419 e. The molecule has 3 nitrogen and oxygen atoms in total. The van der Waals surface area contributed by atoms with Crippen LogP contribution < -0.4 is 5.32 Å². The first kappa shape index (κ1) is 17.2. The molecule has 124 valence electrons. The largest absolute Gasteiger partial charge is 0.419 e. The normalized spacial score (nSPS) is 13.0. The molecule has 0 spiro atoms. The number of aliphatic hydroxyl groups excluding tert-OH is 2. The Balaban J connectivity index is 2.20. The van der Waals surface area contributed by atoms with Crippen LogP contribution in [0.25, 0.3) is 11.1 Å². The second-order valence-corrected chi connectivity index (χ2v) is 4.99. The summed E-state index contributed by atoms with van der Waals surface area (Å²) in [6.07, 6.45) is -5.65. The van der Waals surface area contributed by atoms with E-state index in [1.807, 2.05) is 0 Å². The van der Waals surface area contributed by atoms with Crippen LogP contribution in [0, 0.1) is 5.82 Å². The highest BCUT2D eigenvalue weighted by Gasteiger charge is 2.34. The van der Waals surface area contributed by atoms with Crippen LogP contribution in [0.15, 0.2) is 42.5 Å². The van der Waals surface area contributed by atoms with Gasteiger partial charge in [-0.15, -0.1) is 0 Å². The minimum absolute atomic E-state index is 0.143. The summed E-state index contributed by atoms with van der Waals surface area (Å²) in [6.45, 7) is -0.231. The molecule has 2 aromatic rings. The van der Waals surface area contributed by atoms with Crippen molar-refractivity contribution in [3.8, 4) is 11.1 Å². The van der Waals surface area contributed by atoms with Crippen LogP contribution in [0.4, 0.5) is 23.2 Å². The summed E-state index contributed by atoms with van der Waals surface area (Å²) >= 11 is 0. The molecule has 0 heterocycles. The molecule has 0 aromatic heterocycles. The number of hydrogen-bond donors (Lipinski definition) is 3. The van der Waals surface area contributed by atoms with Gasteiger partial charge < -0.3 is 15.5 Å². The molecule has 1 atom stereocenters. The van der Waals surface area contributed by atoms with E-state index in [2.05, 4.69) is 5.32 Å². The molecule has 2 rings (SSSR count). The second-order valence-electron chi connectivity index (χ2n) is 4.99. The molecular weight excluding hydrogens is 314 g/mol. The van der Waals surface area contributed by atoms with Gasteiger partial charge in [-0.25, -0.2) is 4.39 Å². The van der Waals surface area contributed by atoms with E-state index in [4.69, 9.17) is 5.11 Å².